The standard InChI is InChI=1S/C11H19NO4/c13-10(14)5-11(7-12-8-11)16-6-9-3-1-2-4-15-9/h9,12H,1-8H2,(H,13,14). The van der Waals surface area contributed by atoms with Gasteiger partial charge in [-0.15, -0.1) is 0 Å². The number of hydrogen-bond acceptors (Lipinski definition) is 4. The summed E-state index contributed by atoms with van der Waals surface area (Å²) in [5.41, 5.74) is -0.493. The van der Waals surface area contributed by atoms with Gasteiger partial charge in [-0.25, -0.2) is 0 Å². The molecule has 16 heavy (non-hydrogen) atoms. The van der Waals surface area contributed by atoms with Gasteiger partial charge in [0.25, 0.3) is 0 Å². The van der Waals surface area contributed by atoms with Crippen LogP contribution >= 0.6 is 0 Å². The Labute approximate surface area is 95.1 Å². The van der Waals surface area contributed by atoms with E-state index in [1.54, 1.807) is 0 Å². The van der Waals surface area contributed by atoms with E-state index >= 15 is 0 Å². The van der Waals surface area contributed by atoms with Gasteiger partial charge in [-0.1, -0.05) is 0 Å². The molecule has 2 heterocycles. The lowest BCUT2D eigenvalue weighted by Crippen LogP contribution is -2.62. The van der Waals surface area contributed by atoms with Crippen molar-refractivity contribution in [2.45, 2.75) is 37.4 Å². The first kappa shape index (κ1) is 11.8. The van der Waals surface area contributed by atoms with E-state index in [0.717, 1.165) is 19.4 Å². The summed E-state index contributed by atoms with van der Waals surface area (Å²) in [5, 5.41) is 11.9. The molecule has 0 spiro atoms. The highest BCUT2D eigenvalue weighted by molar-refractivity contribution is 5.68. The van der Waals surface area contributed by atoms with Gasteiger partial charge in [0.05, 0.1) is 19.1 Å². The lowest BCUT2D eigenvalue weighted by atomic mass is 9.92. The van der Waals surface area contributed by atoms with Gasteiger partial charge in [0.1, 0.15) is 5.60 Å². The third kappa shape index (κ3) is 2.93. The largest absolute Gasteiger partial charge is 0.481 e. The quantitative estimate of drug-likeness (QED) is 0.713. The fourth-order valence-electron chi connectivity index (χ4n) is 2.17. The molecule has 0 aliphatic carbocycles. The van der Waals surface area contributed by atoms with E-state index in [9.17, 15) is 4.79 Å². The molecule has 0 radical (unpaired) electrons. The maximum Gasteiger partial charge on any atom is 0.306 e. The molecule has 0 aromatic heterocycles. The van der Waals surface area contributed by atoms with E-state index < -0.39 is 11.6 Å². The monoisotopic (exact) mass is 229 g/mol. The first-order valence-electron chi connectivity index (χ1n) is 5.88. The molecular formula is C11H19NO4. The van der Waals surface area contributed by atoms with Crippen LogP contribution in [0.15, 0.2) is 0 Å². The molecule has 0 aromatic rings. The molecule has 1 unspecified atom stereocenters. The molecule has 2 N–H and O–H groups in total. The summed E-state index contributed by atoms with van der Waals surface area (Å²) in [5.74, 6) is -0.800. The topological polar surface area (TPSA) is 67.8 Å². The SMILES string of the molecule is O=C(O)CC1(OCC2CCCCO2)CNC1. The van der Waals surface area contributed by atoms with E-state index in [-0.39, 0.29) is 12.5 Å². The Balaban J connectivity index is 1.75. The zero-order valence-corrected chi connectivity index (χ0v) is 9.41. The van der Waals surface area contributed by atoms with Gasteiger partial charge in [-0.2, -0.15) is 0 Å². The first-order chi connectivity index (χ1) is 7.70. The summed E-state index contributed by atoms with van der Waals surface area (Å²) >= 11 is 0. The molecule has 92 valence electrons. The average molecular weight is 229 g/mol. The third-order valence-corrected chi connectivity index (χ3v) is 3.22. The lowest BCUT2D eigenvalue weighted by Gasteiger charge is -2.42. The maximum absolute atomic E-state index is 10.7. The van der Waals surface area contributed by atoms with Crippen molar-refractivity contribution < 1.29 is 19.4 Å². The van der Waals surface area contributed by atoms with Gasteiger partial charge >= 0.3 is 5.97 Å². The van der Waals surface area contributed by atoms with Gasteiger partial charge in [0, 0.05) is 19.7 Å². The van der Waals surface area contributed by atoms with Crippen molar-refractivity contribution in [2.75, 3.05) is 26.3 Å². The predicted molar refractivity (Wildman–Crippen MR) is 57.4 cm³/mol. The molecule has 0 aromatic carbocycles. The van der Waals surface area contributed by atoms with Crippen molar-refractivity contribution in [2.24, 2.45) is 0 Å². The van der Waals surface area contributed by atoms with E-state index in [1.807, 2.05) is 0 Å². The Morgan fingerprint density at radius 3 is 2.81 bits per heavy atom. The Kier molecular flexibility index (Phi) is 3.78. The number of carboxylic acid groups (broad SMARTS) is 1. The van der Waals surface area contributed by atoms with Crippen molar-refractivity contribution in [3.8, 4) is 0 Å². The molecule has 5 heteroatoms. The Hall–Kier alpha value is -0.650. The highest BCUT2D eigenvalue weighted by atomic mass is 16.5. The van der Waals surface area contributed by atoms with Crippen LogP contribution < -0.4 is 5.32 Å². The molecule has 2 aliphatic rings. The zero-order valence-electron chi connectivity index (χ0n) is 9.41. The Morgan fingerprint density at radius 1 is 1.50 bits per heavy atom. The second-order valence-electron chi connectivity index (χ2n) is 4.66. The number of carbonyl (C=O) groups is 1. The summed E-state index contributed by atoms with van der Waals surface area (Å²) in [7, 11) is 0. The number of hydrogen-bond donors (Lipinski definition) is 2. The van der Waals surface area contributed by atoms with Gasteiger partial charge < -0.3 is 19.9 Å². The minimum Gasteiger partial charge on any atom is -0.481 e. The lowest BCUT2D eigenvalue weighted by molar-refractivity contribution is -0.158. The van der Waals surface area contributed by atoms with Crippen LogP contribution in [0.3, 0.4) is 0 Å². The normalized spacial score (nSPS) is 28.4. The van der Waals surface area contributed by atoms with Crippen molar-refractivity contribution in [3.05, 3.63) is 0 Å². The highest BCUT2D eigenvalue weighted by Gasteiger charge is 2.40. The van der Waals surface area contributed by atoms with Crippen LogP contribution in [0.5, 0.6) is 0 Å². The van der Waals surface area contributed by atoms with Crippen LogP contribution in [0, 0.1) is 0 Å². The molecule has 0 amide bonds. The first-order valence-corrected chi connectivity index (χ1v) is 5.88. The number of carboxylic acids is 1. The molecule has 5 nitrogen and oxygen atoms in total. The van der Waals surface area contributed by atoms with Crippen LogP contribution in [0.1, 0.15) is 25.7 Å². The Bertz CT molecular complexity index is 246. The van der Waals surface area contributed by atoms with E-state index in [4.69, 9.17) is 14.6 Å². The van der Waals surface area contributed by atoms with E-state index in [1.165, 1.54) is 6.42 Å². The summed E-state index contributed by atoms with van der Waals surface area (Å²) < 4.78 is 11.3. The van der Waals surface area contributed by atoms with Gasteiger partial charge in [-0.3, -0.25) is 4.79 Å². The smallest absolute Gasteiger partial charge is 0.306 e. The summed E-state index contributed by atoms with van der Waals surface area (Å²) in [6.45, 7) is 2.59. The molecule has 2 saturated heterocycles. The fourth-order valence-corrected chi connectivity index (χ4v) is 2.17. The third-order valence-electron chi connectivity index (χ3n) is 3.22. The summed E-state index contributed by atoms with van der Waals surface area (Å²) in [6.07, 6.45) is 3.56. The molecule has 2 aliphatic heterocycles. The van der Waals surface area contributed by atoms with Crippen LogP contribution in [0.25, 0.3) is 0 Å². The van der Waals surface area contributed by atoms with E-state index in [0.29, 0.717) is 19.7 Å². The second kappa shape index (κ2) is 5.12. The van der Waals surface area contributed by atoms with Crippen LogP contribution in [-0.4, -0.2) is 49.1 Å². The molecule has 0 saturated carbocycles. The van der Waals surface area contributed by atoms with Crippen LogP contribution in [0.4, 0.5) is 0 Å². The maximum atomic E-state index is 10.7. The number of aliphatic carboxylic acids is 1. The molecular weight excluding hydrogens is 210 g/mol. The second-order valence-corrected chi connectivity index (χ2v) is 4.66. The fraction of sp³-hybridized carbons (Fsp3) is 0.909. The molecule has 2 rings (SSSR count). The van der Waals surface area contributed by atoms with Crippen LogP contribution in [-0.2, 0) is 14.3 Å². The van der Waals surface area contributed by atoms with Gasteiger partial charge in [-0.05, 0) is 19.3 Å². The van der Waals surface area contributed by atoms with Gasteiger partial charge in [0.2, 0.25) is 0 Å². The number of rotatable bonds is 5. The van der Waals surface area contributed by atoms with E-state index in [2.05, 4.69) is 5.32 Å². The van der Waals surface area contributed by atoms with Gasteiger partial charge in [0.15, 0.2) is 0 Å². The Morgan fingerprint density at radius 2 is 2.31 bits per heavy atom. The molecule has 0 bridgehead atoms. The predicted octanol–water partition coefficient (Wildman–Crippen LogP) is 0.389. The minimum atomic E-state index is -0.800. The minimum absolute atomic E-state index is 0.0761. The highest BCUT2D eigenvalue weighted by Crippen LogP contribution is 2.23. The van der Waals surface area contributed by atoms with Crippen molar-refractivity contribution in [1.29, 1.82) is 0 Å². The van der Waals surface area contributed by atoms with Crippen LogP contribution in [0.2, 0.25) is 0 Å². The van der Waals surface area contributed by atoms with Crippen molar-refractivity contribution in [3.63, 3.8) is 0 Å². The van der Waals surface area contributed by atoms with Crippen molar-refractivity contribution in [1.82, 2.24) is 5.32 Å². The zero-order chi connectivity index (χ0) is 11.4. The summed E-state index contributed by atoms with van der Waals surface area (Å²) in [6, 6.07) is 0. The molecule has 1 atom stereocenters. The molecule has 2 fully saturated rings. The number of ether oxygens (including phenoxy) is 2. The number of nitrogens with one attached hydrogen (secondary N) is 1. The summed E-state index contributed by atoms with van der Waals surface area (Å²) in [4.78, 5) is 10.7. The average Bonchev–Trinajstić information content (AvgIpc) is 2.23. The van der Waals surface area contributed by atoms with Crippen molar-refractivity contribution >= 4 is 5.97 Å².